The molecule has 0 radical (unpaired) electrons. The molecule has 0 aliphatic carbocycles. The number of ketones is 1. The largest absolute Gasteiger partial charge is 0.466 e. The molecule has 4 aliphatic rings. The average molecular weight is 807 g/mol. The SMILES string of the molecule is COC(=O)/C=C1/C[C@H]2C[C@]3(O)O[C@H](C[C@@H](O)CC(=O)O[C@@H](C(C)=O)C[C@@H]4C/C(=C\C(=O)OC)C[C@@](O)(O4)C(C)(C)/C=C\[C@@H](C1)O2)C[C@H](OC(=O)C(C)(C)C)C3(C)C. The number of hydrogen-bond donors (Lipinski definition) is 3. The van der Waals surface area contributed by atoms with Gasteiger partial charge in [-0.05, 0) is 47.0 Å². The first-order chi connectivity index (χ1) is 26.3. The Bertz CT molecular complexity index is 1620. The fraction of sp³-hybridized carbons (Fsp3) is 0.738. The molecular formula is C42H62O15. The van der Waals surface area contributed by atoms with Gasteiger partial charge < -0.3 is 48.5 Å². The van der Waals surface area contributed by atoms with Crippen molar-refractivity contribution in [1.82, 2.24) is 0 Å². The van der Waals surface area contributed by atoms with Crippen molar-refractivity contribution in [3.8, 4) is 0 Å². The molecule has 0 amide bonds. The van der Waals surface area contributed by atoms with Gasteiger partial charge in [-0.25, -0.2) is 9.59 Å². The van der Waals surface area contributed by atoms with Crippen LogP contribution in [-0.2, 0) is 57.1 Å². The highest BCUT2D eigenvalue weighted by Crippen LogP contribution is 2.50. The smallest absolute Gasteiger partial charge is 0.330 e. The van der Waals surface area contributed by atoms with Crippen molar-refractivity contribution in [3.05, 3.63) is 35.5 Å². The van der Waals surface area contributed by atoms with Gasteiger partial charge in [0.15, 0.2) is 23.5 Å². The number of fused-ring (bicyclic) bond motifs is 6. The number of rotatable bonds is 4. The van der Waals surface area contributed by atoms with Gasteiger partial charge in [-0.3, -0.25) is 14.4 Å². The van der Waals surface area contributed by atoms with Crippen molar-refractivity contribution in [3.63, 3.8) is 0 Å². The molecule has 0 aromatic rings. The molecule has 15 heteroatoms. The predicted molar refractivity (Wildman–Crippen MR) is 203 cm³/mol. The van der Waals surface area contributed by atoms with E-state index in [0.29, 0.717) is 11.1 Å². The molecular weight excluding hydrogens is 744 g/mol. The van der Waals surface area contributed by atoms with E-state index in [1.54, 1.807) is 60.6 Å². The predicted octanol–water partition coefficient (Wildman–Crippen LogP) is 4.08. The summed E-state index contributed by atoms with van der Waals surface area (Å²) in [5.41, 5.74) is -2.13. The first-order valence-corrected chi connectivity index (χ1v) is 19.6. The Morgan fingerprint density at radius 1 is 0.825 bits per heavy atom. The van der Waals surface area contributed by atoms with Crippen LogP contribution in [0.2, 0.25) is 0 Å². The topological polar surface area (TPSA) is 211 Å². The second-order valence-corrected chi connectivity index (χ2v) is 18.1. The lowest BCUT2D eigenvalue weighted by Crippen LogP contribution is -2.62. The highest BCUT2D eigenvalue weighted by atomic mass is 16.6. The molecule has 57 heavy (non-hydrogen) atoms. The van der Waals surface area contributed by atoms with Gasteiger partial charge >= 0.3 is 23.9 Å². The van der Waals surface area contributed by atoms with Gasteiger partial charge in [0, 0.05) is 49.7 Å². The minimum Gasteiger partial charge on any atom is -0.466 e. The number of ether oxygens (including phenoxy) is 7. The lowest BCUT2D eigenvalue weighted by Gasteiger charge is -2.54. The van der Waals surface area contributed by atoms with Gasteiger partial charge in [0.1, 0.15) is 6.10 Å². The minimum atomic E-state index is -2.02. The highest BCUT2D eigenvalue weighted by Gasteiger charge is 2.58. The summed E-state index contributed by atoms with van der Waals surface area (Å²) >= 11 is 0. The van der Waals surface area contributed by atoms with Gasteiger partial charge in [-0.1, -0.05) is 51.0 Å². The Hall–Kier alpha value is -3.47. The van der Waals surface area contributed by atoms with Crippen LogP contribution in [0, 0.1) is 16.2 Å². The maximum Gasteiger partial charge on any atom is 0.330 e. The number of hydrogen-bond acceptors (Lipinski definition) is 15. The molecule has 9 atom stereocenters. The zero-order valence-electron chi connectivity index (χ0n) is 35.0. The Labute approximate surface area is 335 Å². The second-order valence-electron chi connectivity index (χ2n) is 18.1. The number of esters is 4. The van der Waals surface area contributed by atoms with E-state index in [0.717, 1.165) is 0 Å². The number of cyclic esters (lactones) is 1. The number of aliphatic hydroxyl groups excluding tert-OH is 1. The third kappa shape index (κ3) is 11.4. The van der Waals surface area contributed by atoms with Crippen LogP contribution in [0.1, 0.15) is 113 Å². The Kier molecular flexibility index (Phi) is 14.4. The van der Waals surface area contributed by atoms with Gasteiger partial charge in [-0.15, -0.1) is 0 Å². The fourth-order valence-corrected chi connectivity index (χ4v) is 7.76. The lowest BCUT2D eigenvalue weighted by molar-refractivity contribution is -0.349. The van der Waals surface area contributed by atoms with Crippen LogP contribution in [0.15, 0.2) is 35.5 Å². The molecule has 6 bridgehead atoms. The van der Waals surface area contributed by atoms with Crippen LogP contribution in [0.4, 0.5) is 0 Å². The third-order valence-corrected chi connectivity index (χ3v) is 11.6. The summed E-state index contributed by atoms with van der Waals surface area (Å²) in [5, 5.41) is 36.0. The van der Waals surface area contributed by atoms with Crippen LogP contribution < -0.4 is 0 Å². The van der Waals surface area contributed by atoms with Crippen molar-refractivity contribution in [2.45, 2.75) is 167 Å². The third-order valence-electron chi connectivity index (χ3n) is 11.6. The van der Waals surface area contributed by atoms with Crippen molar-refractivity contribution >= 4 is 29.7 Å². The standard InChI is InChI=1S/C42H62O15/c1-24(43)32-20-29-15-26(17-35(46)52-10)22-41(49,56-29)39(5,6)12-11-28-13-25(16-34(45)51-9)14-31(53-28)23-42(50)40(7,8)33(55-37(48)38(2,3)4)21-30(57-42)18-27(44)19-36(47)54-32/h11-12,16-17,27-33,44,49-50H,13-15,18-23H2,1-10H3/b12-11-,25-16+,26-17+/t27-,28+,29+,30-,31+,32-,33+,41-,42+/m1/s1. The number of methoxy groups -OCH3 is 2. The second kappa shape index (κ2) is 17.8. The quantitative estimate of drug-likeness (QED) is 0.158. The first-order valence-electron chi connectivity index (χ1n) is 19.6. The molecule has 4 rings (SSSR count). The summed E-state index contributed by atoms with van der Waals surface area (Å²) in [6.45, 7) is 13.3. The summed E-state index contributed by atoms with van der Waals surface area (Å²) in [6.07, 6.45) is -1.14. The van der Waals surface area contributed by atoms with Crippen LogP contribution in [-0.4, -0.2) is 114 Å². The van der Waals surface area contributed by atoms with Crippen molar-refractivity contribution in [1.29, 1.82) is 0 Å². The number of carbonyl (C=O) groups excluding carboxylic acids is 5. The lowest BCUT2D eigenvalue weighted by atomic mass is 9.70. The molecule has 0 spiro atoms. The summed E-state index contributed by atoms with van der Waals surface area (Å²) in [6, 6.07) is 0. The number of aliphatic hydroxyl groups is 3. The Morgan fingerprint density at radius 2 is 1.42 bits per heavy atom. The normalized spacial score (nSPS) is 36.9. The molecule has 0 saturated carbocycles. The van der Waals surface area contributed by atoms with Crippen molar-refractivity contribution in [2.75, 3.05) is 14.2 Å². The van der Waals surface area contributed by atoms with E-state index < -0.39 is 107 Å². The maximum absolute atomic E-state index is 13.3. The summed E-state index contributed by atoms with van der Waals surface area (Å²) in [5.74, 6) is -7.07. The maximum atomic E-state index is 13.3. The molecule has 0 unspecified atom stereocenters. The van der Waals surface area contributed by atoms with E-state index in [-0.39, 0.29) is 51.4 Å². The van der Waals surface area contributed by atoms with E-state index in [1.807, 2.05) is 0 Å². The van der Waals surface area contributed by atoms with E-state index in [4.69, 9.17) is 33.2 Å². The molecule has 4 heterocycles. The van der Waals surface area contributed by atoms with E-state index >= 15 is 0 Å². The molecule has 320 valence electrons. The van der Waals surface area contributed by atoms with Crippen LogP contribution in [0.5, 0.6) is 0 Å². The van der Waals surface area contributed by atoms with Crippen LogP contribution >= 0.6 is 0 Å². The Balaban J connectivity index is 1.82. The molecule has 0 aromatic heterocycles. The molecule has 3 saturated heterocycles. The van der Waals surface area contributed by atoms with E-state index in [1.165, 1.54) is 33.3 Å². The molecule has 0 aromatic carbocycles. The van der Waals surface area contributed by atoms with Gasteiger partial charge in [0.25, 0.3) is 0 Å². The molecule has 4 aliphatic heterocycles. The van der Waals surface area contributed by atoms with Crippen LogP contribution in [0.25, 0.3) is 0 Å². The molecule has 3 fully saturated rings. The summed E-state index contributed by atoms with van der Waals surface area (Å²) < 4.78 is 40.7. The minimum absolute atomic E-state index is 0.0854. The monoisotopic (exact) mass is 806 g/mol. The molecule has 3 N–H and O–H groups in total. The zero-order valence-corrected chi connectivity index (χ0v) is 35.0. The number of Topliss-reactive ketones (excluding diaryl/α,β-unsaturated/α-hetero) is 1. The van der Waals surface area contributed by atoms with Crippen LogP contribution in [0.3, 0.4) is 0 Å². The Morgan fingerprint density at radius 3 is 2.02 bits per heavy atom. The fourth-order valence-electron chi connectivity index (χ4n) is 7.76. The summed E-state index contributed by atoms with van der Waals surface area (Å²) in [4.78, 5) is 64.2. The first kappa shape index (κ1) is 46.2. The van der Waals surface area contributed by atoms with Gasteiger partial charge in [0.2, 0.25) is 0 Å². The highest BCUT2D eigenvalue weighted by molar-refractivity contribution is 5.84. The van der Waals surface area contributed by atoms with Crippen molar-refractivity contribution < 1.29 is 72.5 Å². The average Bonchev–Trinajstić information content (AvgIpc) is 3.08. The summed E-state index contributed by atoms with van der Waals surface area (Å²) in [7, 11) is 2.50. The number of carbonyl (C=O) groups is 5. The van der Waals surface area contributed by atoms with E-state index in [2.05, 4.69) is 0 Å². The van der Waals surface area contributed by atoms with E-state index in [9.17, 15) is 39.3 Å². The zero-order chi connectivity index (χ0) is 42.7. The van der Waals surface area contributed by atoms with Gasteiger partial charge in [-0.2, -0.15) is 0 Å². The van der Waals surface area contributed by atoms with Gasteiger partial charge in [0.05, 0.1) is 62.0 Å². The van der Waals surface area contributed by atoms with Crippen molar-refractivity contribution in [2.24, 2.45) is 16.2 Å². The molecule has 15 nitrogen and oxygen atoms in total.